The van der Waals surface area contributed by atoms with Gasteiger partial charge in [-0.15, -0.1) is 11.3 Å². The van der Waals surface area contributed by atoms with Gasteiger partial charge in [-0.25, -0.2) is 6.57 Å². The smallest absolute Gasteiger partial charge is 0.224 e. The number of fused-ring (bicyclic) bond motifs is 1. The summed E-state index contributed by atoms with van der Waals surface area (Å²) in [5.41, 5.74) is 9.37. The lowest BCUT2D eigenvalue weighted by Crippen LogP contribution is -2.37. The third-order valence-electron chi connectivity index (χ3n) is 5.33. The van der Waals surface area contributed by atoms with Gasteiger partial charge < -0.3 is 15.9 Å². The van der Waals surface area contributed by atoms with Crippen molar-refractivity contribution in [3.05, 3.63) is 100 Å². The molecule has 1 unspecified atom stereocenters. The minimum absolute atomic E-state index is 0.167. The average Bonchev–Trinajstić information content (AvgIpc) is 3.28. The number of thiophene rings is 1. The Labute approximate surface area is 207 Å². The van der Waals surface area contributed by atoms with Crippen LogP contribution in [0.3, 0.4) is 0 Å². The molecule has 1 atom stereocenters. The minimum atomic E-state index is -0.167. The summed E-state index contributed by atoms with van der Waals surface area (Å²) in [6.07, 6.45) is 2.85. The van der Waals surface area contributed by atoms with E-state index in [1.165, 1.54) is 31.7 Å². The number of hydrogen-bond acceptors (Lipinski definition) is 4. The molecule has 0 aliphatic heterocycles. The second-order valence-corrected chi connectivity index (χ2v) is 10.7. The molecule has 0 bridgehead atoms. The van der Waals surface area contributed by atoms with Gasteiger partial charge in [0.15, 0.2) is 0 Å². The largest absolute Gasteiger partial charge is 0.329 e. The predicted molar refractivity (Wildman–Crippen MR) is 146 cm³/mol. The molecule has 0 radical (unpaired) electrons. The molecule has 5 heteroatoms. The van der Waals surface area contributed by atoms with E-state index in [0.29, 0.717) is 6.54 Å². The molecule has 34 heavy (non-hydrogen) atoms. The highest BCUT2D eigenvalue weighted by Crippen LogP contribution is 2.26. The summed E-state index contributed by atoms with van der Waals surface area (Å²) in [5, 5.41) is 6.14. The molecule has 0 saturated heterocycles. The van der Waals surface area contributed by atoms with Crippen LogP contribution in [0.4, 0.5) is 0 Å². The van der Waals surface area contributed by atoms with E-state index in [1.807, 2.05) is 27.0 Å². The number of hydrogen-bond donors (Lipinski definition) is 2. The number of aromatic nitrogens is 1. The fourth-order valence-electron chi connectivity index (χ4n) is 3.40. The highest BCUT2D eigenvalue weighted by molar-refractivity contribution is 7.15. The van der Waals surface area contributed by atoms with Crippen molar-refractivity contribution < 1.29 is 0 Å². The first-order valence-corrected chi connectivity index (χ1v) is 12.4. The highest BCUT2D eigenvalue weighted by atomic mass is 32.1. The van der Waals surface area contributed by atoms with Crippen molar-refractivity contribution in [1.82, 2.24) is 10.3 Å². The van der Waals surface area contributed by atoms with E-state index in [1.54, 1.807) is 11.3 Å². The lowest BCUT2D eigenvalue weighted by Gasteiger charge is -2.17. The Balaban J connectivity index is 0.000000481. The number of rotatable bonds is 7. The van der Waals surface area contributed by atoms with Crippen molar-refractivity contribution in [3.8, 4) is 10.6 Å². The van der Waals surface area contributed by atoms with Crippen LogP contribution < -0.4 is 11.1 Å². The molecule has 2 heterocycles. The predicted octanol–water partition coefficient (Wildman–Crippen LogP) is 6.64. The molecule has 2 aromatic carbocycles. The summed E-state index contributed by atoms with van der Waals surface area (Å²) in [6, 6.07) is 23.8. The lowest BCUT2D eigenvalue weighted by atomic mass is 10.1. The van der Waals surface area contributed by atoms with Gasteiger partial charge in [0, 0.05) is 51.0 Å². The van der Waals surface area contributed by atoms with Gasteiger partial charge in [0.1, 0.15) is 0 Å². The van der Waals surface area contributed by atoms with Gasteiger partial charge >= 0.3 is 0 Å². The number of benzene rings is 2. The van der Waals surface area contributed by atoms with E-state index in [9.17, 15) is 0 Å². The molecule has 0 fully saturated rings. The topological polar surface area (TPSA) is 55.3 Å². The molecule has 4 rings (SSSR count). The van der Waals surface area contributed by atoms with Crippen molar-refractivity contribution in [3.63, 3.8) is 0 Å². The molecule has 4 aromatic rings. The Morgan fingerprint density at radius 2 is 1.71 bits per heavy atom. The van der Waals surface area contributed by atoms with Crippen LogP contribution in [0.2, 0.25) is 0 Å². The molecule has 0 aliphatic carbocycles. The zero-order chi connectivity index (χ0) is 24.6. The number of nitrogens with one attached hydrogen (secondary N) is 1. The summed E-state index contributed by atoms with van der Waals surface area (Å²) >= 11 is 1.78. The summed E-state index contributed by atoms with van der Waals surface area (Å²) in [4.78, 5) is 10.4. The molecule has 0 amide bonds. The monoisotopic (exact) mass is 470 g/mol. The Bertz CT molecular complexity index is 1230. The molecule has 3 N–H and O–H groups in total. The van der Waals surface area contributed by atoms with Gasteiger partial charge in [-0.2, -0.15) is 0 Å². The maximum atomic E-state index is 6.48. The van der Waals surface area contributed by atoms with E-state index in [0.717, 1.165) is 18.7 Å². The molecular weight excluding hydrogens is 436 g/mol. The van der Waals surface area contributed by atoms with Crippen molar-refractivity contribution >= 4 is 22.1 Å². The van der Waals surface area contributed by atoms with Crippen molar-refractivity contribution in [2.75, 3.05) is 6.54 Å². The second kappa shape index (κ2) is 11.9. The highest BCUT2D eigenvalue weighted by Gasteiger charge is 2.11. The molecule has 0 saturated carbocycles. The van der Waals surface area contributed by atoms with Crippen LogP contribution in [0.25, 0.3) is 26.2 Å². The van der Waals surface area contributed by atoms with Crippen molar-refractivity contribution in [1.29, 1.82) is 0 Å². The lowest BCUT2D eigenvalue weighted by molar-refractivity contribution is 0.515. The first kappa shape index (κ1) is 25.6. The Morgan fingerprint density at radius 3 is 2.29 bits per heavy atom. The molecular formula is C29H34N4S. The van der Waals surface area contributed by atoms with Gasteiger partial charge in [-0.05, 0) is 59.5 Å². The maximum Gasteiger partial charge on any atom is 0.224 e. The van der Waals surface area contributed by atoms with E-state index in [-0.39, 0.29) is 11.6 Å². The standard InChI is InChI=1S/C24H25N3S.C5H9N/c1-17-6-11-24(28-17)23-10-8-19(16-27-23)13-22(14-25)26-15-18-7-9-20-4-2-3-5-21(20)12-18;1-5(2,3)6-4/h2-12,16,22,26H,13-15,25H2,1H3;1-3H3. The number of aryl methyl sites for hydroxylation is 1. The summed E-state index contributed by atoms with van der Waals surface area (Å²) in [5.74, 6) is 0. The van der Waals surface area contributed by atoms with Gasteiger partial charge in [0.25, 0.3) is 0 Å². The maximum absolute atomic E-state index is 6.48. The normalized spacial score (nSPS) is 12.0. The van der Waals surface area contributed by atoms with Crippen LogP contribution >= 0.6 is 11.3 Å². The first-order valence-electron chi connectivity index (χ1n) is 11.6. The molecule has 4 nitrogen and oxygen atoms in total. The zero-order valence-corrected chi connectivity index (χ0v) is 21.3. The van der Waals surface area contributed by atoms with Crippen LogP contribution in [0.1, 0.15) is 36.8 Å². The van der Waals surface area contributed by atoms with Crippen molar-refractivity contribution in [2.24, 2.45) is 5.73 Å². The van der Waals surface area contributed by atoms with Crippen LogP contribution in [0.15, 0.2) is 72.9 Å². The third-order valence-corrected chi connectivity index (χ3v) is 6.35. The van der Waals surface area contributed by atoms with Crippen LogP contribution in [-0.4, -0.2) is 23.1 Å². The van der Waals surface area contributed by atoms with E-state index in [4.69, 9.17) is 12.3 Å². The quantitative estimate of drug-likeness (QED) is 0.298. The van der Waals surface area contributed by atoms with E-state index in [2.05, 4.69) is 88.8 Å². The molecule has 176 valence electrons. The third kappa shape index (κ3) is 7.78. The SMILES string of the molecule is Cc1ccc(-c2ccc(CC(CN)NCc3ccc4ccccc4c3)cn2)s1.[C-]#[N+]C(C)(C)C. The Hall–Kier alpha value is -3.04. The number of nitrogens with zero attached hydrogens (tertiary/aromatic N) is 2. The minimum Gasteiger partial charge on any atom is -0.329 e. The first-order chi connectivity index (χ1) is 16.3. The van der Waals surface area contributed by atoms with E-state index < -0.39 is 0 Å². The molecule has 0 aliphatic rings. The Morgan fingerprint density at radius 1 is 1.00 bits per heavy atom. The summed E-state index contributed by atoms with van der Waals surface area (Å²) < 4.78 is 0. The van der Waals surface area contributed by atoms with Crippen LogP contribution in [0.5, 0.6) is 0 Å². The summed E-state index contributed by atoms with van der Waals surface area (Å²) in [7, 11) is 0. The summed E-state index contributed by atoms with van der Waals surface area (Å²) in [6.45, 7) is 15.7. The second-order valence-electron chi connectivity index (χ2n) is 9.44. The Kier molecular flexibility index (Phi) is 8.95. The fourth-order valence-corrected chi connectivity index (χ4v) is 4.24. The molecule has 0 spiro atoms. The average molecular weight is 471 g/mol. The van der Waals surface area contributed by atoms with Gasteiger partial charge in [-0.1, -0.05) is 42.5 Å². The number of pyridine rings is 1. The van der Waals surface area contributed by atoms with Gasteiger partial charge in [0.2, 0.25) is 5.54 Å². The van der Waals surface area contributed by atoms with Gasteiger partial charge in [-0.3, -0.25) is 4.98 Å². The van der Waals surface area contributed by atoms with Gasteiger partial charge in [0.05, 0.1) is 10.6 Å². The zero-order valence-electron chi connectivity index (χ0n) is 20.5. The number of nitrogens with two attached hydrogens (primary N) is 1. The fraction of sp³-hybridized carbons (Fsp3) is 0.310. The van der Waals surface area contributed by atoms with Crippen LogP contribution in [-0.2, 0) is 13.0 Å². The molecule has 2 aromatic heterocycles. The van der Waals surface area contributed by atoms with E-state index >= 15 is 0 Å². The van der Waals surface area contributed by atoms with Crippen molar-refractivity contribution in [2.45, 2.75) is 52.2 Å². The van der Waals surface area contributed by atoms with Crippen LogP contribution in [0, 0.1) is 13.5 Å².